The number of aliphatic hydroxyl groups excluding tert-OH is 2. The van der Waals surface area contributed by atoms with Crippen molar-refractivity contribution in [1.82, 2.24) is 0 Å². The summed E-state index contributed by atoms with van der Waals surface area (Å²) in [7, 11) is 0. The van der Waals surface area contributed by atoms with Gasteiger partial charge in [-0.2, -0.15) is 0 Å². The molecular formula is C15H23NO5. The van der Waals surface area contributed by atoms with Crippen LogP contribution in [0.15, 0.2) is 24.3 Å². The Morgan fingerprint density at radius 2 is 1.95 bits per heavy atom. The van der Waals surface area contributed by atoms with Gasteiger partial charge in [-0.3, -0.25) is 4.79 Å². The molecule has 0 aliphatic carbocycles. The molecule has 6 nitrogen and oxygen atoms in total. The normalized spacial score (nSPS) is 10.2. The highest BCUT2D eigenvalue weighted by molar-refractivity contribution is 5.69. The summed E-state index contributed by atoms with van der Waals surface area (Å²) in [5.41, 5.74) is 0.853. The Kier molecular flexibility index (Phi) is 8.23. The molecule has 0 aromatic heterocycles. The van der Waals surface area contributed by atoms with Crippen molar-refractivity contribution in [3.8, 4) is 5.75 Å². The summed E-state index contributed by atoms with van der Waals surface area (Å²) in [6.45, 7) is 3.27. The molecule has 0 aliphatic rings. The lowest BCUT2D eigenvalue weighted by Gasteiger charge is -2.23. The molecule has 1 aromatic rings. The van der Waals surface area contributed by atoms with Crippen LogP contribution in [-0.2, 0) is 9.53 Å². The summed E-state index contributed by atoms with van der Waals surface area (Å²) in [5, 5.41) is 18.1. The second-order valence-electron chi connectivity index (χ2n) is 4.34. The maximum atomic E-state index is 11.2. The van der Waals surface area contributed by atoms with Gasteiger partial charge in [0.1, 0.15) is 5.75 Å². The maximum Gasteiger partial charge on any atom is 0.309 e. The molecule has 0 aliphatic heterocycles. The van der Waals surface area contributed by atoms with Gasteiger partial charge in [0, 0.05) is 24.8 Å². The molecule has 0 bridgehead atoms. The van der Waals surface area contributed by atoms with Gasteiger partial charge in [-0.25, -0.2) is 0 Å². The van der Waals surface area contributed by atoms with Gasteiger partial charge in [0.2, 0.25) is 0 Å². The fraction of sp³-hybridized carbons (Fsp3) is 0.533. The molecule has 0 saturated carbocycles. The number of rotatable bonds is 10. The third kappa shape index (κ3) is 6.46. The molecule has 0 heterocycles. The average molecular weight is 297 g/mol. The Morgan fingerprint density at radius 3 is 2.57 bits per heavy atom. The first-order valence-electron chi connectivity index (χ1n) is 7.06. The van der Waals surface area contributed by atoms with Gasteiger partial charge < -0.3 is 24.6 Å². The number of aliphatic hydroxyl groups is 2. The SMILES string of the molecule is CCOC(=O)CCOc1cccc(N(CCO)CCO)c1. The largest absolute Gasteiger partial charge is 0.493 e. The summed E-state index contributed by atoms with van der Waals surface area (Å²) >= 11 is 0. The van der Waals surface area contributed by atoms with Crippen molar-refractivity contribution in [1.29, 1.82) is 0 Å². The minimum Gasteiger partial charge on any atom is -0.493 e. The van der Waals surface area contributed by atoms with E-state index in [0.717, 1.165) is 5.69 Å². The Balaban J connectivity index is 2.56. The number of hydrogen-bond acceptors (Lipinski definition) is 6. The van der Waals surface area contributed by atoms with Crippen LogP contribution >= 0.6 is 0 Å². The molecule has 0 atom stereocenters. The lowest BCUT2D eigenvalue weighted by Crippen LogP contribution is -2.29. The van der Waals surface area contributed by atoms with Crippen molar-refractivity contribution in [2.45, 2.75) is 13.3 Å². The molecule has 0 radical (unpaired) electrons. The number of anilines is 1. The van der Waals surface area contributed by atoms with Crippen LogP contribution in [0.3, 0.4) is 0 Å². The highest BCUT2D eigenvalue weighted by Gasteiger charge is 2.07. The van der Waals surface area contributed by atoms with Crippen LogP contribution in [0.5, 0.6) is 5.75 Å². The van der Waals surface area contributed by atoms with Crippen LogP contribution in [-0.4, -0.2) is 55.7 Å². The second kappa shape index (κ2) is 10.0. The van der Waals surface area contributed by atoms with E-state index in [1.165, 1.54) is 0 Å². The molecule has 1 rings (SSSR count). The molecule has 21 heavy (non-hydrogen) atoms. The molecule has 6 heteroatoms. The van der Waals surface area contributed by atoms with Crippen LogP contribution in [0.2, 0.25) is 0 Å². The topological polar surface area (TPSA) is 79.2 Å². The first-order valence-corrected chi connectivity index (χ1v) is 7.06. The van der Waals surface area contributed by atoms with Gasteiger partial charge in [0.15, 0.2) is 0 Å². The van der Waals surface area contributed by atoms with Crippen molar-refractivity contribution in [3.05, 3.63) is 24.3 Å². The standard InChI is InChI=1S/C15H23NO5/c1-2-20-15(19)6-11-21-14-5-3-4-13(12-14)16(7-9-17)8-10-18/h3-5,12,17-18H,2,6-11H2,1H3. The zero-order valence-corrected chi connectivity index (χ0v) is 12.3. The minimum atomic E-state index is -0.282. The molecule has 0 unspecified atom stereocenters. The lowest BCUT2D eigenvalue weighted by atomic mass is 10.2. The Morgan fingerprint density at radius 1 is 1.24 bits per heavy atom. The van der Waals surface area contributed by atoms with Crippen LogP contribution in [0, 0.1) is 0 Å². The van der Waals surface area contributed by atoms with Gasteiger partial charge >= 0.3 is 5.97 Å². The minimum absolute atomic E-state index is 0.00788. The van der Waals surface area contributed by atoms with Crippen LogP contribution in [0.25, 0.3) is 0 Å². The Bertz CT molecular complexity index is 418. The molecule has 2 N–H and O–H groups in total. The van der Waals surface area contributed by atoms with Gasteiger partial charge in [-0.15, -0.1) is 0 Å². The third-order valence-electron chi connectivity index (χ3n) is 2.80. The van der Waals surface area contributed by atoms with E-state index >= 15 is 0 Å². The summed E-state index contributed by atoms with van der Waals surface area (Å²) in [6, 6.07) is 7.32. The number of nitrogens with zero attached hydrogens (tertiary/aromatic N) is 1. The Hall–Kier alpha value is -1.79. The van der Waals surface area contributed by atoms with Crippen molar-refractivity contribution in [2.24, 2.45) is 0 Å². The first-order chi connectivity index (χ1) is 10.2. The number of carbonyl (C=O) groups excluding carboxylic acids is 1. The first kappa shape index (κ1) is 17.3. The van der Waals surface area contributed by atoms with E-state index in [9.17, 15) is 4.79 Å². The quantitative estimate of drug-likeness (QED) is 0.622. The molecule has 1 aromatic carbocycles. The van der Waals surface area contributed by atoms with Crippen molar-refractivity contribution < 1.29 is 24.5 Å². The van der Waals surface area contributed by atoms with Crippen molar-refractivity contribution >= 4 is 11.7 Å². The molecule has 0 fully saturated rings. The number of esters is 1. The van der Waals surface area contributed by atoms with Crippen LogP contribution in [0.4, 0.5) is 5.69 Å². The van der Waals surface area contributed by atoms with E-state index < -0.39 is 0 Å². The molecule has 0 spiro atoms. The van der Waals surface area contributed by atoms with E-state index in [1.54, 1.807) is 13.0 Å². The highest BCUT2D eigenvalue weighted by Crippen LogP contribution is 2.21. The summed E-state index contributed by atoms with van der Waals surface area (Å²) in [5.74, 6) is 0.355. The number of benzene rings is 1. The van der Waals surface area contributed by atoms with E-state index in [-0.39, 0.29) is 32.2 Å². The number of hydrogen-bond donors (Lipinski definition) is 2. The van der Waals surface area contributed by atoms with Crippen molar-refractivity contribution in [3.63, 3.8) is 0 Å². The van der Waals surface area contributed by atoms with Crippen molar-refractivity contribution in [2.75, 3.05) is 44.4 Å². The second-order valence-corrected chi connectivity index (χ2v) is 4.34. The summed E-state index contributed by atoms with van der Waals surface area (Å²) in [6.07, 6.45) is 0.203. The monoisotopic (exact) mass is 297 g/mol. The summed E-state index contributed by atoms with van der Waals surface area (Å²) < 4.78 is 10.3. The average Bonchev–Trinajstić information content (AvgIpc) is 2.48. The van der Waals surface area contributed by atoms with E-state index in [1.807, 2.05) is 23.1 Å². The van der Waals surface area contributed by atoms with Gasteiger partial charge in [-0.05, 0) is 19.1 Å². The number of carbonyl (C=O) groups is 1. The molecular weight excluding hydrogens is 274 g/mol. The maximum absolute atomic E-state index is 11.2. The molecule has 118 valence electrons. The summed E-state index contributed by atoms with van der Waals surface area (Å²) in [4.78, 5) is 13.1. The predicted octanol–water partition coefficient (Wildman–Crippen LogP) is 0.810. The zero-order chi connectivity index (χ0) is 15.5. The van der Waals surface area contributed by atoms with Gasteiger partial charge in [-0.1, -0.05) is 6.07 Å². The molecule has 0 amide bonds. The smallest absolute Gasteiger partial charge is 0.309 e. The predicted molar refractivity (Wildman–Crippen MR) is 79.6 cm³/mol. The number of ether oxygens (including phenoxy) is 2. The highest BCUT2D eigenvalue weighted by atomic mass is 16.5. The third-order valence-corrected chi connectivity index (χ3v) is 2.80. The Labute approximate surface area is 124 Å². The lowest BCUT2D eigenvalue weighted by molar-refractivity contribution is -0.143. The van der Waals surface area contributed by atoms with E-state index in [4.69, 9.17) is 19.7 Å². The fourth-order valence-corrected chi connectivity index (χ4v) is 1.87. The van der Waals surface area contributed by atoms with Crippen LogP contribution < -0.4 is 9.64 Å². The zero-order valence-electron chi connectivity index (χ0n) is 12.3. The van der Waals surface area contributed by atoms with Gasteiger partial charge in [0.25, 0.3) is 0 Å². The fourth-order valence-electron chi connectivity index (χ4n) is 1.87. The molecule has 0 saturated heterocycles. The van der Waals surface area contributed by atoms with E-state index in [2.05, 4.69) is 0 Å². The van der Waals surface area contributed by atoms with E-state index in [0.29, 0.717) is 25.4 Å². The van der Waals surface area contributed by atoms with Crippen LogP contribution in [0.1, 0.15) is 13.3 Å². The van der Waals surface area contributed by atoms with Gasteiger partial charge in [0.05, 0.1) is 32.8 Å².